The first-order valence-electron chi connectivity index (χ1n) is 6.28. The summed E-state index contributed by atoms with van der Waals surface area (Å²) in [5, 5.41) is 16.4. The Hall–Kier alpha value is -1.93. The van der Waals surface area contributed by atoms with Crippen LogP contribution in [-0.4, -0.2) is 28.3 Å². The third-order valence-electron chi connectivity index (χ3n) is 2.87. The zero-order valence-electron chi connectivity index (χ0n) is 11.0. The van der Waals surface area contributed by atoms with Crippen LogP contribution in [0.2, 0.25) is 0 Å². The van der Waals surface area contributed by atoms with Gasteiger partial charge in [-0.15, -0.1) is 0 Å². The Morgan fingerprint density at radius 2 is 2.14 bits per heavy atom. The van der Waals surface area contributed by atoms with Crippen molar-refractivity contribution in [1.82, 2.24) is 15.5 Å². The third kappa shape index (κ3) is 4.54. The molecule has 114 valence electrons. The van der Waals surface area contributed by atoms with Crippen LogP contribution in [0.5, 0.6) is 0 Å². The Morgan fingerprint density at radius 3 is 2.81 bits per heavy atom. The molecule has 0 bridgehead atoms. The molecule has 1 unspecified atom stereocenters. The predicted molar refractivity (Wildman–Crippen MR) is 67.3 cm³/mol. The van der Waals surface area contributed by atoms with Gasteiger partial charge in [0.1, 0.15) is 0 Å². The molecule has 2 aromatic rings. The minimum absolute atomic E-state index is 0.138. The maximum atomic E-state index is 12.6. The average molecular weight is 301 g/mol. The fourth-order valence-electron chi connectivity index (χ4n) is 1.78. The first kappa shape index (κ1) is 15.5. The lowest BCUT2D eigenvalue weighted by Crippen LogP contribution is -2.24. The minimum atomic E-state index is -4.41. The van der Waals surface area contributed by atoms with E-state index in [0.29, 0.717) is 18.8 Å². The summed E-state index contributed by atoms with van der Waals surface area (Å²) in [6.07, 6.45) is -3.71. The Bertz CT molecular complexity index is 558. The summed E-state index contributed by atoms with van der Waals surface area (Å²) in [5.41, 5.74) is -0.553. The van der Waals surface area contributed by atoms with Crippen molar-refractivity contribution < 1.29 is 22.8 Å². The lowest BCUT2D eigenvalue weighted by molar-refractivity contribution is -0.137. The number of hydrogen-bond donors (Lipinski definition) is 2. The van der Waals surface area contributed by atoms with Gasteiger partial charge in [0.15, 0.2) is 5.82 Å². The van der Waals surface area contributed by atoms with Crippen LogP contribution in [0.15, 0.2) is 35.2 Å². The molecule has 0 saturated heterocycles. The van der Waals surface area contributed by atoms with E-state index in [1.165, 1.54) is 18.5 Å². The predicted octanol–water partition coefficient (Wildman–Crippen LogP) is 1.95. The van der Waals surface area contributed by atoms with Gasteiger partial charge in [0.2, 0.25) is 6.39 Å². The van der Waals surface area contributed by atoms with Crippen LogP contribution in [0, 0.1) is 0 Å². The highest BCUT2D eigenvalue weighted by molar-refractivity contribution is 5.27. The van der Waals surface area contributed by atoms with E-state index in [4.69, 9.17) is 0 Å². The number of hydrogen-bond acceptors (Lipinski definition) is 5. The number of nitrogens with zero attached hydrogens (tertiary/aromatic N) is 2. The Balaban J connectivity index is 1.84. The summed E-state index contributed by atoms with van der Waals surface area (Å²) in [4.78, 5) is 3.82. The molecule has 0 aliphatic carbocycles. The fraction of sp³-hybridized carbons (Fsp3) is 0.385. The van der Waals surface area contributed by atoms with E-state index in [9.17, 15) is 18.3 Å². The van der Waals surface area contributed by atoms with E-state index in [1.807, 2.05) is 0 Å². The van der Waals surface area contributed by atoms with Crippen molar-refractivity contribution in [2.24, 2.45) is 0 Å². The number of aliphatic hydroxyl groups is 1. The largest absolute Gasteiger partial charge is 0.416 e. The molecule has 21 heavy (non-hydrogen) atoms. The molecule has 0 aliphatic heterocycles. The zero-order valence-corrected chi connectivity index (χ0v) is 11.0. The first-order chi connectivity index (χ1) is 9.97. The molecule has 2 rings (SSSR count). The Morgan fingerprint density at radius 1 is 1.33 bits per heavy atom. The summed E-state index contributed by atoms with van der Waals surface area (Å²) >= 11 is 0. The van der Waals surface area contributed by atoms with E-state index in [1.54, 1.807) is 0 Å². The Kier molecular flexibility index (Phi) is 4.92. The second-order valence-corrected chi connectivity index (χ2v) is 4.44. The molecule has 1 atom stereocenters. The van der Waals surface area contributed by atoms with Crippen LogP contribution >= 0.6 is 0 Å². The van der Waals surface area contributed by atoms with Crippen LogP contribution in [-0.2, 0) is 12.6 Å². The Labute approximate surface area is 118 Å². The van der Waals surface area contributed by atoms with Gasteiger partial charge < -0.3 is 14.9 Å². The maximum absolute atomic E-state index is 12.6. The van der Waals surface area contributed by atoms with Gasteiger partial charge in [0, 0.05) is 19.5 Å². The molecular formula is C13H14F3N3O2. The number of halogens is 3. The lowest BCUT2D eigenvalue weighted by Gasteiger charge is -2.14. The van der Waals surface area contributed by atoms with Gasteiger partial charge in [0.25, 0.3) is 0 Å². The van der Waals surface area contributed by atoms with Crippen molar-refractivity contribution in [2.75, 3.05) is 13.1 Å². The SMILES string of the molecule is OC(CNCCc1ncon1)c1cccc(C(F)(F)F)c1. The van der Waals surface area contributed by atoms with Crippen LogP contribution in [0.1, 0.15) is 23.1 Å². The molecule has 1 aromatic heterocycles. The van der Waals surface area contributed by atoms with Gasteiger partial charge in [-0.2, -0.15) is 18.2 Å². The van der Waals surface area contributed by atoms with Crippen molar-refractivity contribution in [3.05, 3.63) is 47.6 Å². The molecule has 0 radical (unpaired) electrons. The molecule has 0 saturated carbocycles. The smallest absolute Gasteiger partial charge is 0.387 e. The second-order valence-electron chi connectivity index (χ2n) is 4.44. The second kappa shape index (κ2) is 6.68. The van der Waals surface area contributed by atoms with Crippen LogP contribution in [0.25, 0.3) is 0 Å². The monoisotopic (exact) mass is 301 g/mol. The average Bonchev–Trinajstić information content (AvgIpc) is 2.96. The number of benzene rings is 1. The van der Waals surface area contributed by atoms with Gasteiger partial charge in [0.05, 0.1) is 11.7 Å². The van der Waals surface area contributed by atoms with E-state index >= 15 is 0 Å². The number of nitrogens with one attached hydrogen (secondary N) is 1. The molecule has 0 amide bonds. The zero-order chi connectivity index (χ0) is 15.3. The quantitative estimate of drug-likeness (QED) is 0.798. The summed E-state index contributed by atoms with van der Waals surface area (Å²) in [7, 11) is 0. The maximum Gasteiger partial charge on any atom is 0.416 e. The molecular weight excluding hydrogens is 287 g/mol. The standard InChI is InChI=1S/C13H14F3N3O2/c14-13(15,16)10-3-1-2-9(6-10)11(20)7-17-5-4-12-18-8-21-19-12/h1-3,6,8,11,17,20H,4-5,7H2. The van der Waals surface area contributed by atoms with Crippen molar-refractivity contribution in [3.8, 4) is 0 Å². The number of alkyl halides is 3. The van der Waals surface area contributed by atoms with E-state index in [0.717, 1.165) is 12.1 Å². The molecule has 1 heterocycles. The van der Waals surface area contributed by atoms with Crippen molar-refractivity contribution in [1.29, 1.82) is 0 Å². The topological polar surface area (TPSA) is 71.2 Å². The van der Waals surface area contributed by atoms with Crippen molar-refractivity contribution >= 4 is 0 Å². The molecule has 0 aliphatic rings. The minimum Gasteiger partial charge on any atom is -0.387 e. The van der Waals surface area contributed by atoms with Crippen LogP contribution in [0.3, 0.4) is 0 Å². The van der Waals surface area contributed by atoms with Gasteiger partial charge in [-0.3, -0.25) is 0 Å². The number of aliphatic hydroxyl groups excluding tert-OH is 1. The van der Waals surface area contributed by atoms with E-state index in [-0.39, 0.29) is 12.1 Å². The third-order valence-corrected chi connectivity index (χ3v) is 2.87. The highest BCUT2D eigenvalue weighted by Gasteiger charge is 2.30. The number of aromatic nitrogens is 2. The molecule has 2 N–H and O–H groups in total. The summed E-state index contributed by atoms with van der Waals surface area (Å²) < 4.78 is 42.3. The molecule has 8 heteroatoms. The molecule has 1 aromatic carbocycles. The van der Waals surface area contributed by atoms with Gasteiger partial charge >= 0.3 is 6.18 Å². The summed E-state index contributed by atoms with van der Waals surface area (Å²) in [6, 6.07) is 4.66. The summed E-state index contributed by atoms with van der Waals surface area (Å²) in [6.45, 7) is 0.620. The fourth-order valence-corrected chi connectivity index (χ4v) is 1.78. The van der Waals surface area contributed by atoms with Gasteiger partial charge in [-0.25, -0.2) is 0 Å². The molecule has 0 spiro atoms. The molecule has 0 fully saturated rings. The number of rotatable bonds is 6. The highest BCUT2D eigenvalue weighted by atomic mass is 19.4. The molecule has 5 nitrogen and oxygen atoms in total. The summed E-state index contributed by atoms with van der Waals surface area (Å²) in [5.74, 6) is 0.524. The van der Waals surface area contributed by atoms with E-state index < -0.39 is 17.8 Å². The van der Waals surface area contributed by atoms with Gasteiger partial charge in [-0.1, -0.05) is 17.3 Å². The van der Waals surface area contributed by atoms with Gasteiger partial charge in [-0.05, 0) is 17.7 Å². The van der Waals surface area contributed by atoms with E-state index in [2.05, 4.69) is 20.0 Å². The van der Waals surface area contributed by atoms with Crippen molar-refractivity contribution in [3.63, 3.8) is 0 Å². The van der Waals surface area contributed by atoms with Crippen LogP contribution in [0.4, 0.5) is 13.2 Å². The highest BCUT2D eigenvalue weighted by Crippen LogP contribution is 2.30. The lowest BCUT2D eigenvalue weighted by atomic mass is 10.1. The van der Waals surface area contributed by atoms with Crippen molar-refractivity contribution in [2.45, 2.75) is 18.7 Å². The van der Waals surface area contributed by atoms with Crippen LogP contribution < -0.4 is 5.32 Å². The normalized spacial score (nSPS) is 13.3. The first-order valence-corrected chi connectivity index (χ1v) is 6.28.